The van der Waals surface area contributed by atoms with Crippen molar-refractivity contribution in [3.8, 4) is 11.1 Å². The SMILES string of the molecule is CCCCO/C([O-])=N/S(=O)(=O)c1ccc(CC(C)C)cc1-c1ccc(Cn2ccnc2C2CC2)cc1. The van der Waals surface area contributed by atoms with Crippen LogP contribution in [0.3, 0.4) is 0 Å². The van der Waals surface area contributed by atoms with Crippen LogP contribution in [0.1, 0.15) is 69.3 Å². The second kappa shape index (κ2) is 11.3. The summed E-state index contributed by atoms with van der Waals surface area (Å²) in [5.74, 6) is 2.10. The highest BCUT2D eigenvalue weighted by atomic mass is 32.2. The molecule has 7 nitrogen and oxygen atoms in total. The molecule has 2 aromatic carbocycles. The highest BCUT2D eigenvalue weighted by Crippen LogP contribution is 2.39. The van der Waals surface area contributed by atoms with E-state index in [1.807, 2.05) is 49.6 Å². The molecule has 1 saturated carbocycles. The summed E-state index contributed by atoms with van der Waals surface area (Å²) in [7, 11) is -4.24. The average Bonchev–Trinajstić information content (AvgIpc) is 3.57. The van der Waals surface area contributed by atoms with Crippen molar-refractivity contribution in [2.45, 2.75) is 70.2 Å². The summed E-state index contributed by atoms with van der Waals surface area (Å²) < 4.78 is 36.8. The first kappa shape index (κ1) is 25.9. The lowest BCUT2D eigenvalue weighted by molar-refractivity contribution is -0.249. The van der Waals surface area contributed by atoms with Crippen LogP contribution in [0.5, 0.6) is 0 Å². The third-order valence-electron chi connectivity index (χ3n) is 6.19. The van der Waals surface area contributed by atoms with Crippen molar-refractivity contribution in [2.75, 3.05) is 6.61 Å². The number of rotatable bonds is 11. The summed E-state index contributed by atoms with van der Waals surface area (Å²) in [5.41, 5.74) is 3.42. The lowest BCUT2D eigenvalue weighted by Crippen LogP contribution is -2.23. The van der Waals surface area contributed by atoms with E-state index >= 15 is 0 Å². The van der Waals surface area contributed by atoms with Crippen molar-refractivity contribution in [3.63, 3.8) is 0 Å². The molecule has 0 amide bonds. The van der Waals surface area contributed by atoms with Gasteiger partial charge in [0, 0.05) is 30.4 Å². The Morgan fingerprint density at radius 1 is 1.17 bits per heavy atom. The third kappa shape index (κ3) is 6.55. The van der Waals surface area contributed by atoms with Crippen LogP contribution in [0.2, 0.25) is 0 Å². The molecule has 0 unspecified atom stereocenters. The molecule has 3 aromatic rings. The first-order valence-electron chi connectivity index (χ1n) is 12.6. The Hall–Kier alpha value is -3.13. The Bertz CT molecular complexity index is 1310. The van der Waals surface area contributed by atoms with E-state index in [4.69, 9.17) is 4.74 Å². The normalized spacial score (nSPS) is 14.4. The van der Waals surface area contributed by atoms with Gasteiger partial charge in [0.2, 0.25) is 0 Å². The number of hydrogen-bond donors (Lipinski definition) is 0. The maximum absolute atomic E-state index is 13.1. The van der Waals surface area contributed by atoms with E-state index in [-0.39, 0.29) is 11.5 Å². The Labute approximate surface area is 213 Å². The maximum Gasteiger partial charge on any atom is 0.284 e. The van der Waals surface area contributed by atoms with Gasteiger partial charge in [-0.05, 0) is 67.0 Å². The summed E-state index contributed by atoms with van der Waals surface area (Å²) in [5, 5.41) is 12.1. The van der Waals surface area contributed by atoms with Crippen molar-refractivity contribution >= 4 is 16.1 Å². The summed E-state index contributed by atoms with van der Waals surface area (Å²) in [6.45, 7) is 7.05. The molecular formula is C28H34N3O4S-. The zero-order chi connectivity index (χ0) is 25.7. The molecule has 36 heavy (non-hydrogen) atoms. The Morgan fingerprint density at radius 2 is 1.89 bits per heavy atom. The lowest BCUT2D eigenvalue weighted by Gasteiger charge is -2.16. The molecule has 0 aliphatic heterocycles. The monoisotopic (exact) mass is 508 g/mol. The van der Waals surface area contributed by atoms with Crippen molar-refractivity contribution in [1.82, 2.24) is 9.55 Å². The number of aromatic nitrogens is 2. The minimum absolute atomic E-state index is 0.000766. The topological polar surface area (TPSA) is 96.6 Å². The largest absolute Gasteiger partial charge is 0.600 e. The van der Waals surface area contributed by atoms with E-state index in [9.17, 15) is 13.5 Å². The van der Waals surface area contributed by atoms with Gasteiger partial charge in [0.25, 0.3) is 10.0 Å². The minimum atomic E-state index is -4.24. The van der Waals surface area contributed by atoms with Crippen LogP contribution in [0.25, 0.3) is 11.1 Å². The standard InChI is InChI=1S/C28H35N3O4S/c1-4-5-16-35-28(32)30-36(33,34)26-13-8-22(17-20(2)3)18-25(26)23-9-6-21(7-10-23)19-31-15-14-29-27(31)24-11-12-24/h6-10,13-15,18,20,24H,4-5,11-12,16-17,19H2,1-3H3,(H,30,32)/p-1. The molecule has 1 fully saturated rings. The van der Waals surface area contributed by atoms with Gasteiger partial charge in [-0.2, -0.15) is 8.42 Å². The van der Waals surface area contributed by atoms with E-state index < -0.39 is 16.1 Å². The van der Waals surface area contributed by atoms with Gasteiger partial charge in [0.1, 0.15) is 5.82 Å². The van der Waals surface area contributed by atoms with Crippen LogP contribution in [0, 0.1) is 5.92 Å². The molecule has 0 bridgehead atoms. The highest BCUT2D eigenvalue weighted by Gasteiger charge is 2.27. The fourth-order valence-electron chi connectivity index (χ4n) is 4.25. The van der Waals surface area contributed by atoms with Gasteiger partial charge in [0.05, 0.1) is 4.90 Å². The van der Waals surface area contributed by atoms with Crippen molar-refractivity contribution < 1.29 is 18.3 Å². The zero-order valence-electron chi connectivity index (χ0n) is 21.2. The number of sulfonamides is 1. The van der Waals surface area contributed by atoms with Crippen LogP contribution in [0.4, 0.5) is 0 Å². The van der Waals surface area contributed by atoms with Crippen LogP contribution in [-0.4, -0.2) is 30.7 Å². The Kier molecular flexibility index (Phi) is 8.14. The van der Waals surface area contributed by atoms with E-state index in [1.54, 1.807) is 12.1 Å². The number of ether oxygens (including phenoxy) is 1. The van der Waals surface area contributed by atoms with E-state index in [0.717, 1.165) is 35.4 Å². The van der Waals surface area contributed by atoms with Crippen LogP contribution in [-0.2, 0) is 27.7 Å². The predicted molar refractivity (Wildman–Crippen MR) is 139 cm³/mol. The van der Waals surface area contributed by atoms with Crippen molar-refractivity contribution in [2.24, 2.45) is 10.3 Å². The van der Waals surface area contributed by atoms with Gasteiger partial charge in [-0.25, -0.2) is 4.98 Å². The third-order valence-corrected chi connectivity index (χ3v) is 7.49. The van der Waals surface area contributed by atoms with Gasteiger partial charge in [-0.3, -0.25) is 0 Å². The first-order valence-corrected chi connectivity index (χ1v) is 14.1. The molecule has 0 spiro atoms. The Morgan fingerprint density at radius 3 is 2.56 bits per heavy atom. The maximum atomic E-state index is 13.1. The molecular weight excluding hydrogens is 474 g/mol. The second-order valence-electron chi connectivity index (χ2n) is 9.85. The fraction of sp³-hybridized carbons (Fsp3) is 0.429. The molecule has 0 N–H and O–H groups in total. The molecule has 1 aliphatic rings. The predicted octanol–water partition coefficient (Wildman–Crippen LogP) is 4.90. The molecule has 0 atom stereocenters. The molecule has 4 rings (SSSR count). The van der Waals surface area contributed by atoms with Crippen LogP contribution in [0.15, 0.2) is 64.2 Å². The molecule has 1 aromatic heterocycles. The number of nitrogens with zero attached hydrogens (tertiary/aromatic N) is 3. The molecule has 8 heteroatoms. The van der Waals surface area contributed by atoms with Gasteiger partial charge < -0.3 is 14.4 Å². The number of imidazole rings is 1. The zero-order valence-corrected chi connectivity index (χ0v) is 22.0. The van der Waals surface area contributed by atoms with Gasteiger partial charge in [-0.15, -0.1) is 4.40 Å². The first-order chi connectivity index (χ1) is 17.3. The second-order valence-corrected chi connectivity index (χ2v) is 11.4. The van der Waals surface area contributed by atoms with E-state index in [0.29, 0.717) is 30.4 Å². The quantitative estimate of drug-likeness (QED) is 0.209. The molecule has 0 saturated heterocycles. The molecule has 192 valence electrons. The average molecular weight is 509 g/mol. The van der Waals surface area contributed by atoms with Gasteiger partial charge >= 0.3 is 0 Å². The molecule has 1 aliphatic carbocycles. The minimum Gasteiger partial charge on any atom is -0.600 e. The summed E-state index contributed by atoms with van der Waals surface area (Å²) >= 11 is 0. The number of unbranched alkanes of at least 4 members (excludes halogenated alkanes) is 1. The van der Waals surface area contributed by atoms with Crippen molar-refractivity contribution in [1.29, 1.82) is 0 Å². The van der Waals surface area contributed by atoms with Crippen molar-refractivity contribution in [3.05, 3.63) is 71.8 Å². The molecule has 1 heterocycles. The van der Waals surface area contributed by atoms with Crippen LogP contribution >= 0.6 is 0 Å². The Balaban J connectivity index is 1.64. The highest BCUT2D eigenvalue weighted by molar-refractivity contribution is 7.90. The summed E-state index contributed by atoms with van der Waals surface area (Å²) in [6, 6.07) is 13.1. The smallest absolute Gasteiger partial charge is 0.284 e. The summed E-state index contributed by atoms with van der Waals surface area (Å²) in [6.07, 6.45) is 7.45. The summed E-state index contributed by atoms with van der Waals surface area (Å²) in [4.78, 5) is 4.51. The lowest BCUT2D eigenvalue weighted by atomic mass is 9.97. The van der Waals surface area contributed by atoms with Gasteiger partial charge in [0.15, 0.2) is 6.08 Å². The van der Waals surface area contributed by atoms with Crippen LogP contribution < -0.4 is 5.11 Å². The van der Waals surface area contributed by atoms with E-state index in [2.05, 4.69) is 27.8 Å². The van der Waals surface area contributed by atoms with Gasteiger partial charge in [-0.1, -0.05) is 57.5 Å². The van der Waals surface area contributed by atoms with E-state index in [1.165, 1.54) is 12.8 Å². The number of benzene rings is 2. The number of hydrogen-bond acceptors (Lipinski definition) is 5. The molecule has 0 radical (unpaired) electrons. The fourth-order valence-corrected chi connectivity index (χ4v) is 5.29.